The topological polar surface area (TPSA) is 28.4 Å². The van der Waals surface area contributed by atoms with Crippen LogP contribution in [0, 0.1) is 0 Å². The second-order valence-electron chi connectivity index (χ2n) is 5.08. The Balaban J connectivity index is 2.02. The maximum Gasteiger partial charge on any atom is 0.0955 e. The molecule has 0 bridgehead atoms. The average molecular weight is 272 g/mol. The van der Waals surface area contributed by atoms with E-state index in [-0.39, 0.29) is 6.04 Å². The molecule has 0 saturated heterocycles. The van der Waals surface area contributed by atoms with E-state index in [1.165, 1.54) is 11.1 Å². The van der Waals surface area contributed by atoms with Crippen molar-refractivity contribution in [2.45, 2.75) is 33.4 Å². The summed E-state index contributed by atoms with van der Waals surface area (Å²) in [7, 11) is 0. The van der Waals surface area contributed by atoms with E-state index in [9.17, 15) is 0 Å². The smallest absolute Gasteiger partial charge is 0.0955 e. The summed E-state index contributed by atoms with van der Waals surface area (Å²) in [6.45, 7) is 9.71. The molecule has 0 aliphatic carbocycles. The predicted octanol–water partition coefficient (Wildman–Crippen LogP) is 4.29. The van der Waals surface area contributed by atoms with Gasteiger partial charge in [-0.15, -0.1) is 0 Å². The summed E-state index contributed by atoms with van der Waals surface area (Å²) in [6.07, 6.45) is 3.50. The fourth-order valence-corrected chi connectivity index (χ4v) is 2.32. The number of furan rings is 1. The van der Waals surface area contributed by atoms with E-state index in [0.29, 0.717) is 0 Å². The molecule has 20 heavy (non-hydrogen) atoms. The van der Waals surface area contributed by atoms with Crippen LogP contribution in [-0.4, -0.2) is 18.0 Å². The van der Waals surface area contributed by atoms with Crippen molar-refractivity contribution < 1.29 is 4.42 Å². The van der Waals surface area contributed by atoms with Gasteiger partial charge in [-0.05, 0) is 43.8 Å². The quantitative estimate of drug-likeness (QED) is 0.815. The van der Waals surface area contributed by atoms with Crippen molar-refractivity contribution in [1.29, 1.82) is 0 Å². The van der Waals surface area contributed by atoms with Gasteiger partial charge in [-0.3, -0.25) is 4.90 Å². The lowest BCUT2D eigenvalue weighted by molar-refractivity contribution is 0.296. The van der Waals surface area contributed by atoms with Gasteiger partial charge in [-0.1, -0.05) is 26.0 Å². The first-order valence-corrected chi connectivity index (χ1v) is 7.32. The lowest BCUT2D eigenvalue weighted by Crippen LogP contribution is -2.22. The van der Waals surface area contributed by atoms with E-state index >= 15 is 0 Å². The SMILES string of the molecule is CCN(CC)Cc1cccc(NC(C)c2ccoc2)c1. The molecule has 0 radical (unpaired) electrons. The Bertz CT molecular complexity index is 503. The van der Waals surface area contributed by atoms with Gasteiger partial charge < -0.3 is 9.73 Å². The zero-order valence-electron chi connectivity index (χ0n) is 12.6. The summed E-state index contributed by atoms with van der Waals surface area (Å²) in [6, 6.07) is 10.9. The van der Waals surface area contributed by atoms with Gasteiger partial charge in [0, 0.05) is 17.8 Å². The van der Waals surface area contributed by atoms with Crippen LogP contribution in [0.3, 0.4) is 0 Å². The number of hydrogen-bond acceptors (Lipinski definition) is 3. The van der Waals surface area contributed by atoms with Crippen LogP contribution in [0.1, 0.15) is 37.9 Å². The average Bonchev–Trinajstić information content (AvgIpc) is 2.99. The molecule has 3 nitrogen and oxygen atoms in total. The van der Waals surface area contributed by atoms with E-state index < -0.39 is 0 Å². The number of rotatable bonds is 7. The fraction of sp³-hybridized carbons (Fsp3) is 0.412. The highest BCUT2D eigenvalue weighted by Crippen LogP contribution is 2.20. The van der Waals surface area contributed by atoms with Crippen LogP contribution in [-0.2, 0) is 6.54 Å². The molecular formula is C17H24N2O. The van der Waals surface area contributed by atoms with Crippen molar-refractivity contribution in [3.63, 3.8) is 0 Å². The van der Waals surface area contributed by atoms with Gasteiger partial charge in [0.15, 0.2) is 0 Å². The zero-order chi connectivity index (χ0) is 14.4. The highest BCUT2D eigenvalue weighted by molar-refractivity contribution is 5.47. The Morgan fingerprint density at radius 1 is 1.20 bits per heavy atom. The molecule has 1 unspecified atom stereocenters. The second-order valence-corrected chi connectivity index (χ2v) is 5.08. The van der Waals surface area contributed by atoms with Gasteiger partial charge in [-0.2, -0.15) is 0 Å². The van der Waals surface area contributed by atoms with Crippen LogP contribution in [0.2, 0.25) is 0 Å². The van der Waals surface area contributed by atoms with E-state index in [1.807, 2.05) is 6.07 Å². The Hall–Kier alpha value is -1.74. The van der Waals surface area contributed by atoms with Gasteiger partial charge in [0.05, 0.1) is 18.6 Å². The normalized spacial score (nSPS) is 12.6. The summed E-state index contributed by atoms with van der Waals surface area (Å²) >= 11 is 0. The van der Waals surface area contributed by atoms with Gasteiger partial charge in [-0.25, -0.2) is 0 Å². The largest absolute Gasteiger partial charge is 0.472 e. The van der Waals surface area contributed by atoms with Crippen LogP contribution < -0.4 is 5.32 Å². The summed E-state index contributed by atoms with van der Waals surface area (Å²) in [5.74, 6) is 0. The summed E-state index contributed by atoms with van der Waals surface area (Å²) < 4.78 is 5.13. The Kier molecular flexibility index (Phi) is 5.24. The van der Waals surface area contributed by atoms with Crippen LogP contribution in [0.15, 0.2) is 47.3 Å². The monoisotopic (exact) mass is 272 g/mol. The number of nitrogens with zero attached hydrogens (tertiary/aromatic N) is 1. The molecule has 0 amide bonds. The molecule has 1 N–H and O–H groups in total. The molecular weight excluding hydrogens is 248 g/mol. The van der Waals surface area contributed by atoms with Crippen molar-refractivity contribution in [1.82, 2.24) is 4.90 Å². The zero-order valence-corrected chi connectivity index (χ0v) is 12.6. The van der Waals surface area contributed by atoms with E-state index in [4.69, 9.17) is 4.42 Å². The molecule has 2 rings (SSSR count). The molecule has 0 saturated carbocycles. The van der Waals surface area contributed by atoms with Crippen LogP contribution in [0.4, 0.5) is 5.69 Å². The van der Waals surface area contributed by atoms with Crippen molar-refractivity contribution in [2.24, 2.45) is 0 Å². The maximum atomic E-state index is 5.13. The number of anilines is 1. The Morgan fingerprint density at radius 2 is 2.00 bits per heavy atom. The summed E-state index contributed by atoms with van der Waals surface area (Å²) in [4.78, 5) is 2.42. The molecule has 0 spiro atoms. The number of hydrogen-bond donors (Lipinski definition) is 1. The Morgan fingerprint density at radius 3 is 2.65 bits per heavy atom. The molecule has 0 aliphatic rings. The third kappa shape index (κ3) is 3.87. The van der Waals surface area contributed by atoms with E-state index in [1.54, 1.807) is 12.5 Å². The molecule has 108 valence electrons. The van der Waals surface area contributed by atoms with Crippen LogP contribution >= 0.6 is 0 Å². The third-order valence-electron chi connectivity index (χ3n) is 3.65. The van der Waals surface area contributed by atoms with Gasteiger partial charge in [0.1, 0.15) is 0 Å². The molecule has 1 aromatic carbocycles. The van der Waals surface area contributed by atoms with Gasteiger partial charge in [0.25, 0.3) is 0 Å². The minimum Gasteiger partial charge on any atom is -0.472 e. The fourth-order valence-electron chi connectivity index (χ4n) is 2.32. The first-order valence-electron chi connectivity index (χ1n) is 7.32. The van der Waals surface area contributed by atoms with Crippen molar-refractivity contribution in [2.75, 3.05) is 18.4 Å². The molecule has 2 aromatic rings. The first kappa shape index (κ1) is 14.7. The minimum atomic E-state index is 0.248. The van der Waals surface area contributed by atoms with Crippen molar-refractivity contribution in [3.05, 3.63) is 54.0 Å². The number of benzene rings is 1. The molecule has 1 heterocycles. The van der Waals surface area contributed by atoms with Crippen molar-refractivity contribution >= 4 is 5.69 Å². The summed E-state index contributed by atoms with van der Waals surface area (Å²) in [5.41, 5.74) is 3.67. The molecule has 3 heteroatoms. The van der Waals surface area contributed by atoms with Gasteiger partial charge in [0.2, 0.25) is 0 Å². The third-order valence-corrected chi connectivity index (χ3v) is 3.65. The summed E-state index contributed by atoms with van der Waals surface area (Å²) in [5, 5.41) is 3.52. The lowest BCUT2D eigenvalue weighted by Gasteiger charge is -2.19. The Labute approximate surface area is 121 Å². The molecule has 1 aromatic heterocycles. The number of nitrogens with one attached hydrogen (secondary N) is 1. The maximum absolute atomic E-state index is 5.13. The van der Waals surface area contributed by atoms with Crippen molar-refractivity contribution in [3.8, 4) is 0 Å². The molecule has 1 atom stereocenters. The standard InChI is InChI=1S/C17H24N2O/c1-4-19(5-2)12-15-7-6-8-17(11-15)18-14(3)16-9-10-20-13-16/h6-11,13-14,18H,4-5,12H2,1-3H3. The van der Waals surface area contributed by atoms with Crippen LogP contribution in [0.25, 0.3) is 0 Å². The predicted molar refractivity (Wildman–Crippen MR) is 83.8 cm³/mol. The lowest BCUT2D eigenvalue weighted by atomic mass is 10.1. The van der Waals surface area contributed by atoms with Gasteiger partial charge >= 0.3 is 0 Å². The highest BCUT2D eigenvalue weighted by Gasteiger charge is 2.07. The minimum absolute atomic E-state index is 0.248. The first-order chi connectivity index (χ1) is 9.72. The highest BCUT2D eigenvalue weighted by atomic mass is 16.3. The second kappa shape index (κ2) is 7.15. The van der Waals surface area contributed by atoms with E-state index in [0.717, 1.165) is 25.3 Å². The molecule has 0 fully saturated rings. The van der Waals surface area contributed by atoms with E-state index in [2.05, 4.69) is 55.3 Å². The van der Waals surface area contributed by atoms with Crippen LogP contribution in [0.5, 0.6) is 0 Å². The molecule has 0 aliphatic heterocycles.